The Morgan fingerprint density at radius 1 is 1.29 bits per heavy atom. The van der Waals surface area contributed by atoms with Crippen molar-refractivity contribution in [2.75, 3.05) is 16.4 Å². The molecule has 1 aliphatic rings. The predicted octanol–water partition coefficient (Wildman–Crippen LogP) is 4.14. The average molecular weight is 323 g/mol. The number of anilines is 2. The molecule has 0 atom stereocenters. The highest BCUT2D eigenvalue weighted by Crippen LogP contribution is 2.33. The zero-order chi connectivity index (χ0) is 14.8. The molecule has 0 saturated heterocycles. The summed E-state index contributed by atoms with van der Waals surface area (Å²) in [5, 5.41) is 6.35. The first-order valence-corrected chi connectivity index (χ1v) is 7.73. The Morgan fingerprint density at radius 3 is 2.95 bits per heavy atom. The molecule has 0 aromatic heterocycles. The van der Waals surface area contributed by atoms with Crippen LogP contribution in [0.25, 0.3) is 0 Å². The number of carbonyl (C=O) groups excluding carboxylic acids is 1. The van der Waals surface area contributed by atoms with Gasteiger partial charge in [-0.2, -0.15) is 0 Å². The lowest BCUT2D eigenvalue weighted by atomic mass is 10.2. The summed E-state index contributed by atoms with van der Waals surface area (Å²) in [4.78, 5) is 12.4. The van der Waals surface area contributed by atoms with E-state index in [9.17, 15) is 9.18 Å². The normalized spacial score (nSPS) is 13.5. The molecule has 0 spiro atoms. The Morgan fingerprint density at radius 2 is 2.14 bits per heavy atom. The maximum atomic E-state index is 13.7. The van der Waals surface area contributed by atoms with Crippen LogP contribution in [0.1, 0.15) is 5.56 Å². The minimum atomic E-state index is -0.336. The van der Waals surface area contributed by atoms with E-state index in [2.05, 4.69) is 10.6 Å². The van der Waals surface area contributed by atoms with Crippen molar-refractivity contribution in [2.24, 2.45) is 0 Å². The Hall–Kier alpha value is -1.72. The van der Waals surface area contributed by atoms with E-state index >= 15 is 0 Å². The van der Waals surface area contributed by atoms with Crippen molar-refractivity contribution in [3.63, 3.8) is 0 Å². The SMILES string of the molecule is O=C1CSc2ccc(NCc3ccc(Cl)cc3F)cc2N1. The van der Waals surface area contributed by atoms with Gasteiger partial charge < -0.3 is 10.6 Å². The van der Waals surface area contributed by atoms with Crippen molar-refractivity contribution < 1.29 is 9.18 Å². The molecule has 0 bridgehead atoms. The molecule has 1 heterocycles. The summed E-state index contributed by atoms with van der Waals surface area (Å²) in [5.74, 6) is 0.0978. The molecule has 21 heavy (non-hydrogen) atoms. The molecule has 108 valence electrons. The van der Waals surface area contributed by atoms with Crippen molar-refractivity contribution in [3.05, 3.63) is 52.8 Å². The molecule has 2 N–H and O–H groups in total. The van der Waals surface area contributed by atoms with E-state index in [1.165, 1.54) is 17.8 Å². The number of rotatable bonds is 3. The van der Waals surface area contributed by atoms with Gasteiger partial charge in [-0.15, -0.1) is 11.8 Å². The van der Waals surface area contributed by atoms with Crippen molar-refractivity contribution in [1.82, 2.24) is 0 Å². The van der Waals surface area contributed by atoms with Gasteiger partial charge in [-0.05, 0) is 30.3 Å². The number of halogens is 2. The largest absolute Gasteiger partial charge is 0.381 e. The Kier molecular flexibility index (Phi) is 4.03. The highest BCUT2D eigenvalue weighted by atomic mass is 35.5. The van der Waals surface area contributed by atoms with Gasteiger partial charge in [-0.25, -0.2) is 4.39 Å². The van der Waals surface area contributed by atoms with Crippen LogP contribution in [0.15, 0.2) is 41.3 Å². The van der Waals surface area contributed by atoms with Gasteiger partial charge in [-0.3, -0.25) is 4.79 Å². The molecule has 1 amide bonds. The summed E-state index contributed by atoms with van der Waals surface area (Å²) in [5.41, 5.74) is 2.15. The third-order valence-corrected chi connectivity index (χ3v) is 4.42. The van der Waals surface area contributed by atoms with Gasteiger partial charge in [0.25, 0.3) is 0 Å². The number of fused-ring (bicyclic) bond motifs is 1. The van der Waals surface area contributed by atoms with E-state index in [4.69, 9.17) is 11.6 Å². The van der Waals surface area contributed by atoms with Gasteiger partial charge in [0.05, 0.1) is 11.4 Å². The molecule has 0 aliphatic carbocycles. The molecule has 2 aromatic carbocycles. The van der Waals surface area contributed by atoms with E-state index in [0.29, 0.717) is 22.9 Å². The Bertz CT molecular complexity index is 708. The van der Waals surface area contributed by atoms with Crippen LogP contribution in [-0.4, -0.2) is 11.7 Å². The van der Waals surface area contributed by atoms with Crippen LogP contribution >= 0.6 is 23.4 Å². The van der Waals surface area contributed by atoms with Crippen LogP contribution in [0.4, 0.5) is 15.8 Å². The second-order valence-corrected chi connectivity index (χ2v) is 6.09. The lowest BCUT2D eigenvalue weighted by molar-refractivity contribution is -0.113. The molecule has 0 unspecified atom stereocenters. The monoisotopic (exact) mass is 322 g/mol. The minimum absolute atomic E-state index is 0.00612. The van der Waals surface area contributed by atoms with Crippen molar-refractivity contribution in [3.8, 4) is 0 Å². The molecule has 6 heteroatoms. The summed E-state index contributed by atoms with van der Waals surface area (Å²) >= 11 is 7.23. The number of hydrogen-bond donors (Lipinski definition) is 2. The van der Waals surface area contributed by atoms with Gasteiger partial charge in [0.1, 0.15) is 5.82 Å². The second-order valence-electron chi connectivity index (χ2n) is 4.64. The number of nitrogens with one attached hydrogen (secondary N) is 2. The summed E-state index contributed by atoms with van der Waals surface area (Å²) < 4.78 is 13.7. The van der Waals surface area contributed by atoms with Crippen LogP contribution in [0, 0.1) is 5.82 Å². The highest BCUT2D eigenvalue weighted by molar-refractivity contribution is 8.00. The number of thioether (sulfide) groups is 1. The van der Waals surface area contributed by atoms with Crippen LogP contribution in [0.3, 0.4) is 0 Å². The smallest absolute Gasteiger partial charge is 0.234 e. The fourth-order valence-corrected chi connectivity index (χ4v) is 3.00. The maximum absolute atomic E-state index is 13.7. The standard InChI is InChI=1S/C15H12ClFN2OS/c16-10-2-1-9(12(17)5-10)7-18-11-3-4-14-13(6-11)19-15(20)8-21-14/h1-6,18H,7-8H2,(H,19,20). The van der Waals surface area contributed by atoms with Crippen LogP contribution in [0.5, 0.6) is 0 Å². The van der Waals surface area contributed by atoms with Crippen molar-refractivity contribution >= 4 is 40.6 Å². The summed E-state index contributed by atoms with van der Waals surface area (Å²) in [6.07, 6.45) is 0. The molecule has 0 radical (unpaired) electrons. The van der Waals surface area contributed by atoms with Crippen LogP contribution in [0.2, 0.25) is 5.02 Å². The Labute approximate surface area is 130 Å². The summed E-state index contributed by atoms with van der Waals surface area (Å²) in [6.45, 7) is 0.350. The molecule has 1 aliphatic heterocycles. The molecule has 0 saturated carbocycles. The van der Waals surface area contributed by atoms with E-state index < -0.39 is 0 Å². The number of carbonyl (C=O) groups is 1. The highest BCUT2D eigenvalue weighted by Gasteiger charge is 2.15. The first-order chi connectivity index (χ1) is 10.1. The average Bonchev–Trinajstić information content (AvgIpc) is 2.46. The van der Waals surface area contributed by atoms with E-state index in [1.54, 1.807) is 12.1 Å². The third kappa shape index (κ3) is 3.31. The first-order valence-electron chi connectivity index (χ1n) is 6.36. The van der Waals surface area contributed by atoms with E-state index in [-0.39, 0.29) is 11.7 Å². The minimum Gasteiger partial charge on any atom is -0.381 e. The number of amides is 1. The van der Waals surface area contributed by atoms with Crippen LogP contribution in [-0.2, 0) is 11.3 Å². The van der Waals surface area contributed by atoms with Crippen molar-refractivity contribution in [2.45, 2.75) is 11.4 Å². The molecule has 3 rings (SSSR count). The van der Waals surface area contributed by atoms with Gasteiger partial charge >= 0.3 is 0 Å². The molecule has 3 nitrogen and oxygen atoms in total. The number of benzene rings is 2. The fraction of sp³-hybridized carbons (Fsp3) is 0.133. The molecular formula is C15H12ClFN2OS. The predicted molar refractivity (Wildman–Crippen MR) is 84.5 cm³/mol. The van der Waals surface area contributed by atoms with Gasteiger partial charge in [0.15, 0.2) is 0 Å². The first kappa shape index (κ1) is 14.2. The third-order valence-electron chi connectivity index (χ3n) is 3.11. The van der Waals surface area contributed by atoms with Gasteiger partial charge in [0, 0.05) is 27.7 Å². The second kappa shape index (κ2) is 5.95. The Balaban J connectivity index is 1.73. The van der Waals surface area contributed by atoms with Gasteiger partial charge in [0.2, 0.25) is 5.91 Å². The quantitative estimate of drug-likeness (QED) is 0.892. The van der Waals surface area contributed by atoms with Gasteiger partial charge in [-0.1, -0.05) is 17.7 Å². The molecular weight excluding hydrogens is 311 g/mol. The summed E-state index contributed by atoms with van der Waals surface area (Å²) in [6, 6.07) is 10.3. The van der Waals surface area contributed by atoms with Crippen molar-refractivity contribution in [1.29, 1.82) is 0 Å². The number of hydrogen-bond acceptors (Lipinski definition) is 3. The lowest BCUT2D eigenvalue weighted by Gasteiger charge is -2.17. The summed E-state index contributed by atoms with van der Waals surface area (Å²) in [7, 11) is 0. The topological polar surface area (TPSA) is 41.1 Å². The zero-order valence-corrected chi connectivity index (χ0v) is 12.5. The molecule has 2 aromatic rings. The van der Waals surface area contributed by atoms with E-state index in [1.807, 2.05) is 18.2 Å². The fourth-order valence-electron chi connectivity index (χ4n) is 2.06. The van der Waals surface area contributed by atoms with E-state index in [0.717, 1.165) is 16.3 Å². The zero-order valence-electron chi connectivity index (χ0n) is 11.0. The maximum Gasteiger partial charge on any atom is 0.234 e. The molecule has 0 fully saturated rings. The van der Waals surface area contributed by atoms with Crippen LogP contribution < -0.4 is 10.6 Å². The lowest BCUT2D eigenvalue weighted by Crippen LogP contribution is -2.18.